The molecule has 0 saturated carbocycles. The maximum atomic E-state index is 11.4. The van der Waals surface area contributed by atoms with Gasteiger partial charge in [-0.15, -0.1) is 11.3 Å². The predicted octanol–water partition coefficient (Wildman–Crippen LogP) is 2.47. The van der Waals surface area contributed by atoms with Gasteiger partial charge in [0.15, 0.2) is 10.0 Å². The predicted molar refractivity (Wildman–Crippen MR) is 65.4 cm³/mol. The van der Waals surface area contributed by atoms with Crippen molar-refractivity contribution >= 4 is 28.9 Å². The number of carbonyl (C=O) groups is 1. The Morgan fingerprint density at radius 1 is 1.65 bits per heavy atom. The molecule has 0 bridgehead atoms. The van der Waals surface area contributed by atoms with Gasteiger partial charge in [0.1, 0.15) is 5.01 Å². The summed E-state index contributed by atoms with van der Waals surface area (Å²) in [5.74, 6) is -0.471. The van der Waals surface area contributed by atoms with Crippen LogP contribution in [0, 0.1) is 0 Å². The first-order chi connectivity index (χ1) is 8.15. The first kappa shape index (κ1) is 12.1. The van der Waals surface area contributed by atoms with Crippen LogP contribution in [0.2, 0.25) is 5.15 Å². The van der Waals surface area contributed by atoms with Crippen molar-refractivity contribution in [3.63, 3.8) is 0 Å². The molecule has 2 heterocycles. The van der Waals surface area contributed by atoms with Gasteiger partial charge in [-0.05, 0) is 6.92 Å². The van der Waals surface area contributed by atoms with E-state index < -0.39 is 5.97 Å². The van der Waals surface area contributed by atoms with Crippen LogP contribution >= 0.6 is 22.9 Å². The van der Waals surface area contributed by atoms with Crippen LogP contribution < -0.4 is 0 Å². The molecule has 2 aromatic heterocycles. The van der Waals surface area contributed by atoms with Crippen LogP contribution in [0.15, 0.2) is 12.4 Å². The van der Waals surface area contributed by atoms with E-state index in [0.29, 0.717) is 9.88 Å². The number of halogens is 1. The largest absolute Gasteiger partial charge is 0.465 e. The van der Waals surface area contributed by atoms with Crippen LogP contribution in [0.25, 0.3) is 10.6 Å². The van der Waals surface area contributed by atoms with Crippen molar-refractivity contribution in [1.29, 1.82) is 0 Å². The summed E-state index contributed by atoms with van der Waals surface area (Å²) < 4.78 is 6.40. The van der Waals surface area contributed by atoms with Crippen molar-refractivity contribution in [1.82, 2.24) is 14.8 Å². The summed E-state index contributed by atoms with van der Waals surface area (Å²) in [6.07, 6.45) is 3.55. The monoisotopic (exact) mass is 271 g/mol. The van der Waals surface area contributed by atoms with E-state index in [1.54, 1.807) is 10.9 Å². The van der Waals surface area contributed by atoms with Gasteiger partial charge in [-0.2, -0.15) is 5.10 Å². The van der Waals surface area contributed by atoms with Crippen LogP contribution in [0.3, 0.4) is 0 Å². The molecule has 17 heavy (non-hydrogen) atoms. The van der Waals surface area contributed by atoms with E-state index in [0.717, 1.165) is 12.1 Å². The minimum Gasteiger partial charge on any atom is -0.465 e. The van der Waals surface area contributed by atoms with E-state index in [2.05, 4.69) is 14.8 Å². The van der Waals surface area contributed by atoms with E-state index in [1.807, 2.05) is 13.1 Å². The first-order valence-electron chi connectivity index (χ1n) is 4.93. The molecule has 2 aromatic rings. The average Bonchev–Trinajstić information content (AvgIpc) is 2.94. The number of aryl methyl sites for hydroxylation is 1. The molecule has 0 N–H and O–H groups in total. The molecule has 0 aliphatic heterocycles. The Hall–Kier alpha value is -1.40. The standard InChI is InChI=1S/C10H10ClN3O2S/c1-3-14-5-6(4-12-14)9-13-8(11)7(17-9)10(15)16-2/h4-5H,3H2,1-2H3. The van der Waals surface area contributed by atoms with Gasteiger partial charge in [0.05, 0.1) is 13.3 Å². The topological polar surface area (TPSA) is 57.0 Å². The van der Waals surface area contributed by atoms with E-state index in [-0.39, 0.29) is 5.15 Å². The number of nitrogens with zero attached hydrogens (tertiary/aromatic N) is 3. The lowest BCUT2D eigenvalue weighted by Crippen LogP contribution is -1.98. The van der Waals surface area contributed by atoms with Gasteiger partial charge >= 0.3 is 5.97 Å². The van der Waals surface area contributed by atoms with Crippen LogP contribution in [-0.4, -0.2) is 27.8 Å². The fourth-order valence-electron chi connectivity index (χ4n) is 1.29. The Morgan fingerprint density at radius 2 is 2.41 bits per heavy atom. The molecular formula is C10H10ClN3O2S. The molecule has 0 spiro atoms. The molecule has 2 rings (SSSR count). The molecular weight excluding hydrogens is 262 g/mol. The van der Waals surface area contributed by atoms with Gasteiger partial charge in [0.25, 0.3) is 0 Å². The molecule has 0 fully saturated rings. The molecule has 0 aliphatic rings. The first-order valence-corrected chi connectivity index (χ1v) is 6.12. The lowest BCUT2D eigenvalue weighted by atomic mass is 10.4. The number of rotatable bonds is 3. The van der Waals surface area contributed by atoms with Crippen molar-refractivity contribution in [2.24, 2.45) is 0 Å². The van der Waals surface area contributed by atoms with Gasteiger partial charge in [0.2, 0.25) is 0 Å². The highest BCUT2D eigenvalue weighted by Gasteiger charge is 2.18. The number of methoxy groups -OCH3 is 1. The second-order valence-corrected chi connectivity index (χ2v) is 4.57. The zero-order valence-corrected chi connectivity index (χ0v) is 10.9. The summed E-state index contributed by atoms with van der Waals surface area (Å²) in [6, 6.07) is 0. The number of aromatic nitrogens is 3. The minimum atomic E-state index is -0.471. The summed E-state index contributed by atoms with van der Waals surface area (Å²) in [5, 5.41) is 4.97. The van der Waals surface area contributed by atoms with Crippen LogP contribution in [0.1, 0.15) is 16.6 Å². The number of hydrogen-bond acceptors (Lipinski definition) is 5. The van der Waals surface area contributed by atoms with E-state index in [1.165, 1.54) is 18.4 Å². The Bertz CT molecular complexity index is 549. The number of thiazole rings is 1. The van der Waals surface area contributed by atoms with Crippen molar-refractivity contribution < 1.29 is 9.53 Å². The summed E-state index contributed by atoms with van der Waals surface area (Å²) in [5.41, 5.74) is 0.842. The highest BCUT2D eigenvalue weighted by molar-refractivity contribution is 7.17. The van der Waals surface area contributed by atoms with Gasteiger partial charge in [0, 0.05) is 18.3 Å². The quantitative estimate of drug-likeness (QED) is 0.805. The smallest absolute Gasteiger partial charge is 0.351 e. The Kier molecular flexibility index (Phi) is 3.44. The van der Waals surface area contributed by atoms with Crippen molar-refractivity contribution in [3.05, 3.63) is 22.4 Å². The Morgan fingerprint density at radius 3 is 3.00 bits per heavy atom. The fraction of sp³-hybridized carbons (Fsp3) is 0.300. The third-order valence-electron chi connectivity index (χ3n) is 2.16. The highest BCUT2D eigenvalue weighted by atomic mass is 35.5. The maximum absolute atomic E-state index is 11.4. The molecule has 5 nitrogen and oxygen atoms in total. The van der Waals surface area contributed by atoms with Gasteiger partial charge in [-0.3, -0.25) is 4.68 Å². The highest BCUT2D eigenvalue weighted by Crippen LogP contribution is 2.30. The second-order valence-electron chi connectivity index (χ2n) is 3.22. The molecule has 0 atom stereocenters. The number of carbonyl (C=O) groups excluding carboxylic acids is 1. The molecule has 0 amide bonds. The minimum absolute atomic E-state index is 0.168. The van der Waals surface area contributed by atoms with Crippen molar-refractivity contribution in [2.45, 2.75) is 13.5 Å². The Labute approximate surface area is 107 Å². The van der Waals surface area contributed by atoms with Crippen LogP contribution in [0.4, 0.5) is 0 Å². The number of ether oxygens (including phenoxy) is 1. The van der Waals surface area contributed by atoms with Gasteiger partial charge < -0.3 is 4.74 Å². The molecule has 0 aliphatic carbocycles. The molecule has 0 aromatic carbocycles. The zero-order chi connectivity index (χ0) is 12.4. The van der Waals surface area contributed by atoms with Gasteiger partial charge in [-0.25, -0.2) is 9.78 Å². The molecule has 0 unspecified atom stereocenters. The molecule has 0 radical (unpaired) electrons. The summed E-state index contributed by atoms with van der Waals surface area (Å²) >= 11 is 7.08. The zero-order valence-electron chi connectivity index (χ0n) is 9.31. The van der Waals surface area contributed by atoms with Gasteiger partial charge in [-0.1, -0.05) is 11.6 Å². The molecule has 90 valence electrons. The Balaban J connectivity index is 2.37. The SMILES string of the molecule is CCn1cc(-c2nc(Cl)c(C(=O)OC)s2)cn1. The fourth-order valence-corrected chi connectivity index (χ4v) is 2.47. The van der Waals surface area contributed by atoms with Crippen LogP contribution in [-0.2, 0) is 11.3 Å². The van der Waals surface area contributed by atoms with Crippen molar-refractivity contribution in [2.75, 3.05) is 7.11 Å². The number of hydrogen-bond donors (Lipinski definition) is 0. The lowest BCUT2D eigenvalue weighted by molar-refractivity contribution is 0.0606. The number of esters is 1. The summed E-state index contributed by atoms with van der Waals surface area (Å²) in [7, 11) is 1.31. The van der Waals surface area contributed by atoms with E-state index in [4.69, 9.17) is 11.6 Å². The summed E-state index contributed by atoms with van der Waals surface area (Å²) in [6.45, 7) is 2.77. The van der Waals surface area contributed by atoms with Crippen LogP contribution in [0.5, 0.6) is 0 Å². The molecule has 0 saturated heterocycles. The maximum Gasteiger partial charge on any atom is 0.351 e. The van der Waals surface area contributed by atoms with E-state index >= 15 is 0 Å². The summed E-state index contributed by atoms with van der Waals surface area (Å²) in [4.78, 5) is 15.8. The lowest BCUT2D eigenvalue weighted by Gasteiger charge is -1.92. The third-order valence-corrected chi connectivity index (χ3v) is 3.63. The third kappa shape index (κ3) is 2.32. The van der Waals surface area contributed by atoms with Crippen molar-refractivity contribution in [3.8, 4) is 10.6 Å². The average molecular weight is 272 g/mol. The second kappa shape index (κ2) is 4.85. The normalized spacial score (nSPS) is 10.5. The molecule has 7 heteroatoms. The van der Waals surface area contributed by atoms with E-state index in [9.17, 15) is 4.79 Å².